The Morgan fingerprint density at radius 2 is 1.87 bits per heavy atom. The molecule has 202 valence electrons. The van der Waals surface area contributed by atoms with Crippen molar-refractivity contribution in [3.05, 3.63) is 64.9 Å². The van der Waals surface area contributed by atoms with Gasteiger partial charge >= 0.3 is 6.18 Å². The van der Waals surface area contributed by atoms with Gasteiger partial charge < -0.3 is 20.3 Å². The number of hydrogen-bond donors (Lipinski definition) is 2. The topological polar surface area (TPSA) is 146 Å². The van der Waals surface area contributed by atoms with Gasteiger partial charge in [-0.25, -0.2) is 4.98 Å². The van der Waals surface area contributed by atoms with Crippen LogP contribution in [0.2, 0.25) is 0 Å². The Kier molecular flexibility index (Phi) is 8.54. The molecule has 0 radical (unpaired) electrons. The summed E-state index contributed by atoms with van der Waals surface area (Å²) in [5.41, 5.74) is 3.08. The van der Waals surface area contributed by atoms with Gasteiger partial charge in [-0.15, -0.1) is 10.2 Å². The van der Waals surface area contributed by atoms with Crippen molar-refractivity contribution in [1.29, 1.82) is 0 Å². The molecule has 2 heterocycles. The molecule has 3 N–H and O–H groups in total. The van der Waals surface area contributed by atoms with Gasteiger partial charge in [-0.05, 0) is 50.6 Å². The molecular formula is C23H22F4N6O4S. The largest absolute Gasteiger partial charge is 0.588 e. The zero-order valence-corrected chi connectivity index (χ0v) is 21.3. The van der Waals surface area contributed by atoms with E-state index in [2.05, 4.69) is 20.5 Å². The number of nitrogens with zero attached hydrogens (tertiary/aromatic N) is 4. The van der Waals surface area contributed by atoms with E-state index >= 15 is 0 Å². The second-order valence-corrected chi connectivity index (χ2v) is 9.54. The Morgan fingerprint density at radius 3 is 2.47 bits per heavy atom. The smallest absolute Gasteiger partial charge is 0.435 e. The van der Waals surface area contributed by atoms with Crippen molar-refractivity contribution in [3.63, 3.8) is 0 Å². The van der Waals surface area contributed by atoms with Gasteiger partial charge in [0.25, 0.3) is 17.7 Å². The van der Waals surface area contributed by atoms with Crippen LogP contribution < -0.4 is 15.8 Å². The summed E-state index contributed by atoms with van der Waals surface area (Å²) in [7, 11) is 1.29. The highest BCUT2D eigenvalue weighted by Crippen LogP contribution is 2.35. The van der Waals surface area contributed by atoms with Crippen LogP contribution in [-0.4, -0.2) is 48.9 Å². The van der Waals surface area contributed by atoms with Gasteiger partial charge in [-0.1, -0.05) is 6.07 Å². The predicted octanol–water partition coefficient (Wildman–Crippen LogP) is 3.52. The third kappa shape index (κ3) is 6.35. The average Bonchev–Trinajstić information content (AvgIpc) is 2.83. The second kappa shape index (κ2) is 11.3. The number of anilines is 1. The minimum Gasteiger partial charge on any atom is -0.588 e. The van der Waals surface area contributed by atoms with Crippen LogP contribution >= 0.6 is 0 Å². The molecule has 2 amide bonds. The van der Waals surface area contributed by atoms with Gasteiger partial charge in [0.05, 0.1) is 18.8 Å². The fourth-order valence-electron chi connectivity index (χ4n) is 3.24. The molecule has 0 unspecified atom stereocenters. The van der Waals surface area contributed by atoms with E-state index in [0.29, 0.717) is 0 Å². The highest BCUT2D eigenvalue weighted by atomic mass is 32.2. The average molecular weight is 555 g/mol. The Balaban J connectivity index is 1.99. The number of nitrogens with two attached hydrogens (primary N) is 1. The first-order chi connectivity index (χ1) is 17.7. The number of halogens is 4. The van der Waals surface area contributed by atoms with Crippen molar-refractivity contribution >= 4 is 28.9 Å². The van der Waals surface area contributed by atoms with Gasteiger partial charge in [-0.2, -0.15) is 21.9 Å². The summed E-state index contributed by atoms with van der Waals surface area (Å²) in [4.78, 5) is 29.0. The van der Waals surface area contributed by atoms with Crippen molar-refractivity contribution in [2.75, 3.05) is 12.4 Å². The lowest BCUT2D eigenvalue weighted by Crippen LogP contribution is -2.42. The number of hydrogen-bond acceptors (Lipinski definition) is 8. The molecule has 0 saturated heterocycles. The summed E-state index contributed by atoms with van der Waals surface area (Å²) in [5, 5.41) is 9.04. The standard InChI is InChI=1S/C23H22F4N6O4S/c1-11-18(20(34)30-14-6-5-7-15(10-14)38(36)33(4)22(35)12(2)28)21(32-31-19(11)23(25,26)27)37-16-8-9-17(24)29-13(16)3/h5-10,12H,28H2,1-4H3,(H,30,34)/t12-,38-/m1/s1. The molecule has 1 aromatic carbocycles. The second-order valence-electron chi connectivity index (χ2n) is 8.03. The van der Waals surface area contributed by atoms with Crippen molar-refractivity contribution in [2.45, 2.75) is 37.9 Å². The maximum atomic E-state index is 13.5. The first-order valence-electron chi connectivity index (χ1n) is 10.8. The fourth-order valence-corrected chi connectivity index (χ4v) is 4.31. The normalized spacial score (nSPS) is 13.0. The SMILES string of the molecule is Cc1nc(F)ccc1Oc1nnc(C(F)(F)F)c(C)c1C(=O)Nc1cccc([S@@+]([O-])N(C)C(=O)[C@@H](C)N)c1. The van der Waals surface area contributed by atoms with Crippen molar-refractivity contribution in [3.8, 4) is 11.6 Å². The monoisotopic (exact) mass is 554 g/mol. The number of benzene rings is 1. The summed E-state index contributed by atoms with van der Waals surface area (Å²) in [6.45, 7) is 3.84. The van der Waals surface area contributed by atoms with Gasteiger partial charge in [0.2, 0.25) is 5.95 Å². The maximum Gasteiger partial charge on any atom is 0.435 e. The molecule has 0 aliphatic carbocycles. The molecule has 10 nitrogen and oxygen atoms in total. The minimum absolute atomic E-state index is 0.0522. The molecule has 3 rings (SSSR count). The Bertz CT molecular complexity index is 1370. The number of aromatic nitrogens is 3. The van der Waals surface area contributed by atoms with E-state index in [9.17, 15) is 31.7 Å². The van der Waals surface area contributed by atoms with Crippen molar-refractivity contribution in [1.82, 2.24) is 19.5 Å². The number of amides is 2. The summed E-state index contributed by atoms with van der Waals surface area (Å²) in [6, 6.07) is 6.76. The first kappa shape index (κ1) is 28.7. The Hall–Kier alpha value is -3.82. The molecule has 0 fully saturated rings. The number of aryl methyl sites for hydroxylation is 1. The number of carbonyl (C=O) groups is 2. The first-order valence-corrected chi connectivity index (χ1v) is 11.9. The highest BCUT2D eigenvalue weighted by molar-refractivity contribution is 7.89. The van der Waals surface area contributed by atoms with E-state index in [1.54, 1.807) is 0 Å². The number of alkyl halides is 3. The third-order valence-corrected chi connectivity index (χ3v) is 6.47. The van der Waals surface area contributed by atoms with E-state index in [4.69, 9.17) is 10.5 Å². The summed E-state index contributed by atoms with van der Waals surface area (Å²) in [5.74, 6) is -3.09. The van der Waals surface area contributed by atoms with E-state index in [0.717, 1.165) is 17.3 Å². The van der Waals surface area contributed by atoms with Crippen LogP contribution in [0.5, 0.6) is 11.6 Å². The number of likely N-dealkylation sites (N-methyl/N-ethyl adjacent to an activating group) is 1. The number of ether oxygens (including phenoxy) is 1. The molecule has 3 aromatic rings. The number of nitrogens with one attached hydrogen (secondary N) is 1. The minimum atomic E-state index is -4.92. The molecule has 2 atom stereocenters. The number of pyridine rings is 1. The quantitative estimate of drug-likeness (QED) is 0.256. The zero-order chi connectivity index (χ0) is 28.4. The van der Waals surface area contributed by atoms with Crippen LogP contribution in [0.3, 0.4) is 0 Å². The van der Waals surface area contributed by atoms with Gasteiger partial charge in [-0.3, -0.25) is 9.59 Å². The Labute approximate surface area is 217 Å². The lowest BCUT2D eigenvalue weighted by atomic mass is 10.1. The Morgan fingerprint density at radius 1 is 1.18 bits per heavy atom. The third-order valence-electron chi connectivity index (χ3n) is 5.13. The molecule has 0 aliphatic rings. The number of carbonyl (C=O) groups excluding carboxylic acids is 2. The molecule has 38 heavy (non-hydrogen) atoms. The molecule has 0 spiro atoms. The van der Waals surface area contributed by atoms with Crippen LogP contribution in [0.4, 0.5) is 23.2 Å². The summed E-state index contributed by atoms with van der Waals surface area (Å²) >= 11 is -1.98. The number of rotatable bonds is 7. The maximum absolute atomic E-state index is 13.5. The van der Waals surface area contributed by atoms with Crippen molar-refractivity contribution in [2.24, 2.45) is 5.73 Å². The summed E-state index contributed by atoms with van der Waals surface area (Å²) in [6.07, 6.45) is -4.92. The molecule has 0 aliphatic heterocycles. The van der Waals surface area contributed by atoms with E-state index < -0.39 is 64.0 Å². The van der Waals surface area contributed by atoms with E-state index in [-0.39, 0.29) is 22.0 Å². The van der Waals surface area contributed by atoms with Crippen LogP contribution in [0.15, 0.2) is 41.3 Å². The van der Waals surface area contributed by atoms with E-state index in [1.807, 2.05) is 0 Å². The molecule has 2 aromatic heterocycles. The molecule has 0 bridgehead atoms. The lowest BCUT2D eigenvalue weighted by molar-refractivity contribution is -0.142. The molecular weight excluding hydrogens is 532 g/mol. The van der Waals surface area contributed by atoms with Crippen LogP contribution in [0, 0.1) is 19.8 Å². The van der Waals surface area contributed by atoms with Gasteiger partial charge in [0.15, 0.2) is 16.3 Å². The lowest BCUT2D eigenvalue weighted by Gasteiger charge is -2.21. The van der Waals surface area contributed by atoms with Crippen LogP contribution in [0.25, 0.3) is 0 Å². The fraction of sp³-hybridized carbons (Fsp3) is 0.261. The van der Waals surface area contributed by atoms with Crippen LogP contribution in [0.1, 0.15) is 34.2 Å². The summed E-state index contributed by atoms with van der Waals surface area (Å²) < 4.78 is 73.1. The van der Waals surface area contributed by atoms with Gasteiger partial charge in [0, 0.05) is 11.8 Å². The van der Waals surface area contributed by atoms with Crippen LogP contribution in [-0.2, 0) is 22.3 Å². The van der Waals surface area contributed by atoms with Crippen molar-refractivity contribution < 1.29 is 36.4 Å². The zero-order valence-electron chi connectivity index (χ0n) is 20.5. The molecule has 15 heteroatoms. The highest BCUT2D eigenvalue weighted by Gasteiger charge is 2.38. The predicted molar refractivity (Wildman–Crippen MR) is 128 cm³/mol. The molecule has 0 saturated carbocycles. The van der Waals surface area contributed by atoms with E-state index in [1.165, 1.54) is 51.2 Å². The van der Waals surface area contributed by atoms with Gasteiger partial charge in [0.1, 0.15) is 16.9 Å².